The maximum absolute atomic E-state index is 4.95. The molecule has 29 heavy (non-hydrogen) atoms. The summed E-state index contributed by atoms with van der Waals surface area (Å²) in [6, 6.07) is 4.11. The zero-order valence-corrected chi connectivity index (χ0v) is 18.7. The molecule has 0 unspecified atom stereocenters. The molecule has 3 heterocycles. The molecule has 7 heteroatoms. The highest BCUT2D eigenvalue weighted by molar-refractivity contribution is 7.99. The molecule has 0 amide bonds. The molecule has 4 rings (SSSR count). The molecular weight excluding hydrogens is 380 g/mol. The minimum Gasteiger partial charge on any atom is -0.354 e. The molecule has 0 radical (unpaired) electrons. The lowest BCUT2D eigenvalue weighted by molar-refractivity contribution is 0.258. The van der Waals surface area contributed by atoms with E-state index in [0.29, 0.717) is 5.92 Å². The van der Waals surface area contributed by atoms with Crippen LogP contribution >= 0.6 is 11.8 Å². The van der Waals surface area contributed by atoms with E-state index in [4.69, 9.17) is 9.97 Å². The predicted molar refractivity (Wildman–Crippen MR) is 119 cm³/mol. The Hall–Kier alpha value is -1.73. The van der Waals surface area contributed by atoms with Gasteiger partial charge < -0.3 is 4.90 Å². The van der Waals surface area contributed by atoms with Crippen molar-refractivity contribution >= 4 is 17.6 Å². The molecule has 156 valence electrons. The van der Waals surface area contributed by atoms with E-state index in [-0.39, 0.29) is 5.41 Å². The highest BCUT2D eigenvalue weighted by atomic mass is 32.2. The van der Waals surface area contributed by atoms with Gasteiger partial charge in [-0.25, -0.2) is 19.9 Å². The molecule has 0 aromatic carbocycles. The van der Waals surface area contributed by atoms with Crippen LogP contribution in [0.15, 0.2) is 29.7 Å². The molecule has 1 saturated heterocycles. The van der Waals surface area contributed by atoms with Gasteiger partial charge in [-0.15, -0.1) is 0 Å². The normalized spacial score (nSPS) is 18.2. The molecule has 0 bridgehead atoms. The Morgan fingerprint density at radius 3 is 2.41 bits per heavy atom. The van der Waals surface area contributed by atoms with Crippen LogP contribution in [0, 0.1) is 0 Å². The van der Waals surface area contributed by atoms with Crippen LogP contribution < -0.4 is 4.90 Å². The number of rotatable bonds is 7. The van der Waals surface area contributed by atoms with Crippen molar-refractivity contribution in [3.05, 3.63) is 36.0 Å². The molecule has 1 saturated carbocycles. The van der Waals surface area contributed by atoms with Gasteiger partial charge in [-0.1, -0.05) is 32.5 Å². The molecular formula is C22H32N6S. The number of hydrogen-bond donors (Lipinski definition) is 0. The van der Waals surface area contributed by atoms with Crippen LogP contribution in [0.2, 0.25) is 0 Å². The Labute approximate surface area is 178 Å². The predicted octanol–water partition coefficient (Wildman–Crippen LogP) is 3.75. The SMILES string of the molecule is CC(C)(C)c1nc(C2CC2)cc(N2CCN(CCCSc3ncccn3)CC2)n1. The van der Waals surface area contributed by atoms with Gasteiger partial charge in [-0.05, 0) is 31.9 Å². The van der Waals surface area contributed by atoms with E-state index < -0.39 is 0 Å². The molecule has 2 aromatic heterocycles. The van der Waals surface area contributed by atoms with E-state index >= 15 is 0 Å². The first kappa shape index (κ1) is 20.5. The smallest absolute Gasteiger partial charge is 0.187 e. The van der Waals surface area contributed by atoms with Crippen molar-refractivity contribution in [1.29, 1.82) is 0 Å². The van der Waals surface area contributed by atoms with E-state index in [9.17, 15) is 0 Å². The monoisotopic (exact) mass is 412 g/mol. The van der Waals surface area contributed by atoms with Gasteiger partial charge in [0.15, 0.2) is 5.16 Å². The lowest BCUT2D eigenvalue weighted by atomic mass is 9.95. The van der Waals surface area contributed by atoms with E-state index in [0.717, 1.165) is 61.7 Å². The Kier molecular flexibility index (Phi) is 6.35. The highest BCUT2D eigenvalue weighted by Gasteiger charge is 2.29. The minimum absolute atomic E-state index is 0.0123. The number of hydrogen-bond acceptors (Lipinski definition) is 7. The molecule has 0 N–H and O–H groups in total. The lowest BCUT2D eigenvalue weighted by Gasteiger charge is -2.36. The maximum atomic E-state index is 4.95. The topological polar surface area (TPSA) is 58.0 Å². The first-order valence-electron chi connectivity index (χ1n) is 10.8. The zero-order valence-electron chi connectivity index (χ0n) is 17.8. The average molecular weight is 413 g/mol. The van der Waals surface area contributed by atoms with Gasteiger partial charge in [0.25, 0.3) is 0 Å². The van der Waals surface area contributed by atoms with E-state index in [1.54, 1.807) is 24.2 Å². The van der Waals surface area contributed by atoms with Gasteiger partial charge in [0.2, 0.25) is 0 Å². The van der Waals surface area contributed by atoms with Gasteiger partial charge in [-0.2, -0.15) is 0 Å². The molecule has 1 aliphatic carbocycles. The first-order chi connectivity index (χ1) is 14.0. The third-order valence-corrected chi connectivity index (χ3v) is 6.45. The first-order valence-corrected chi connectivity index (χ1v) is 11.7. The fourth-order valence-electron chi connectivity index (χ4n) is 3.55. The Balaban J connectivity index is 1.28. The van der Waals surface area contributed by atoms with Crippen LogP contribution in [0.1, 0.15) is 57.5 Å². The van der Waals surface area contributed by atoms with Crippen molar-refractivity contribution in [2.45, 2.75) is 56.5 Å². The highest BCUT2D eigenvalue weighted by Crippen LogP contribution is 2.40. The quantitative estimate of drug-likeness (QED) is 0.390. The van der Waals surface area contributed by atoms with Gasteiger partial charge in [0, 0.05) is 67.4 Å². The van der Waals surface area contributed by atoms with Crippen LogP contribution in [0.3, 0.4) is 0 Å². The second-order valence-electron chi connectivity index (χ2n) is 9.06. The van der Waals surface area contributed by atoms with Crippen LogP contribution in [0.5, 0.6) is 0 Å². The summed E-state index contributed by atoms with van der Waals surface area (Å²) in [6.45, 7) is 12.0. The van der Waals surface area contributed by atoms with Crippen molar-refractivity contribution in [3.8, 4) is 0 Å². The zero-order chi connectivity index (χ0) is 20.3. The van der Waals surface area contributed by atoms with E-state index in [1.165, 1.54) is 18.5 Å². The number of thioether (sulfide) groups is 1. The number of aromatic nitrogens is 4. The fraction of sp³-hybridized carbons (Fsp3) is 0.636. The Bertz CT molecular complexity index is 795. The van der Waals surface area contributed by atoms with Crippen molar-refractivity contribution in [2.24, 2.45) is 0 Å². The van der Waals surface area contributed by atoms with E-state index in [1.807, 2.05) is 6.07 Å². The van der Waals surface area contributed by atoms with Crippen molar-refractivity contribution < 1.29 is 0 Å². The van der Waals surface area contributed by atoms with Gasteiger partial charge in [0.1, 0.15) is 11.6 Å². The largest absolute Gasteiger partial charge is 0.354 e. The van der Waals surface area contributed by atoms with Gasteiger partial charge in [0.05, 0.1) is 0 Å². The van der Waals surface area contributed by atoms with Crippen LogP contribution in [-0.4, -0.2) is 63.3 Å². The van der Waals surface area contributed by atoms with Gasteiger partial charge in [-0.3, -0.25) is 4.90 Å². The van der Waals surface area contributed by atoms with Gasteiger partial charge >= 0.3 is 0 Å². The molecule has 2 aliphatic rings. The summed E-state index contributed by atoms with van der Waals surface area (Å²) in [4.78, 5) is 23.4. The second kappa shape index (κ2) is 8.96. The molecule has 2 fully saturated rings. The Morgan fingerprint density at radius 1 is 1.03 bits per heavy atom. The summed E-state index contributed by atoms with van der Waals surface area (Å²) < 4.78 is 0. The van der Waals surface area contributed by atoms with E-state index in [2.05, 4.69) is 46.6 Å². The lowest BCUT2D eigenvalue weighted by Crippen LogP contribution is -2.47. The fourth-order valence-corrected chi connectivity index (χ4v) is 4.28. The molecule has 2 aromatic rings. The van der Waals surface area contributed by atoms with Crippen LogP contribution in [0.25, 0.3) is 0 Å². The summed E-state index contributed by atoms with van der Waals surface area (Å²) in [5, 5.41) is 0.877. The molecule has 0 atom stereocenters. The number of piperazine rings is 1. The molecule has 0 spiro atoms. The Morgan fingerprint density at radius 2 is 1.76 bits per heavy atom. The summed E-state index contributed by atoms with van der Waals surface area (Å²) in [5.41, 5.74) is 1.24. The standard InChI is InChI=1S/C22H32N6S/c1-22(2,3)20-25-18(17-6-7-17)16-19(26-20)28-13-11-27(12-14-28)10-5-15-29-21-23-8-4-9-24-21/h4,8-9,16-17H,5-7,10-15H2,1-3H3. The van der Waals surface area contributed by atoms with Crippen LogP contribution in [0.4, 0.5) is 5.82 Å². The third kappa shape index (κ3) is 5.66. The summed E-state index contributed by atoms with van der Waals surface area (Å²) in [5.74, 6) is 3.84. The number of anilines is 1. The maximum Gasteiger partial charge on any atom is 0.187 e. The summed E-state index contributed by atoms with van der Waals surface area (Å²) in [6.07, 6.45) is 7.33. The third-order valence-electron chi connectivity index (χ3n) is 5.49. The second-order valence-corrected chi connectivity index (χ2v) is 10.1. The molecule has 6 nitrogen and oxygen atoms in total. The van der Waals surface area contributed by atoms with Crippen molar-refractivity contribution in [1.82, 2.24) is 24.8 Å². The van der Waals surface area contributed by atoms with Crippen molar-refractivity contribution in [3.63, 3.8) is 0 Å². The average Bonchev–Trinajstić information content (AvgIpc) is 3.57. The minimum atomic E-state index is -0.0123. The van der Waals surface area contributed by atoms with Crippen molar-refractivity contribution in [2.75, 3.05) is 43.4 Å². The summed E-state index contributed by atoms with van der Waals surface area (Å²) >= 11 is 1.74. The summed E-state index contributed by atoms with van der Waals surface area (Å²) in [7, 11) is 0. The van der Waals surface area contributed by atoms with Crippen LogP contribution in [-0.2, 0) is 5.41 Å². The number of nitrogens with zero attached hydrogens (tertiary/aromatic N) is 6. The molecule has 1 aliphatic heterocycles.